The molecule has 0 spiro atoms. The van der Waals surface area contributed by atoms with E-state index in [1.165, 1.54) is 0 Å². The fourth-order valence-electron chi connectivity index (χ4n) is 2.43. The van der Waals surface area contributed by atoms with Crippen LogP contribution in [0.2, 0.25) is 0 Å². The van der Waals surface area contributed by atoms with Crippen LogP contribution in [0.4, 0.5) is 0 Å². The number of ether oxygens (including phenoxy) is 1. The fraction of sp³-hybridized carbons (Fsp3) is 0.643. The molecule has 7 heteroatoms. The predicted molar refractivity (Wildman–Crippen MR) is 76.0 cm³/mol. The minimum absolute atomic E-state index is 0.133. The van der Waals surface area contributed by atoms with Gasteiger partial charge >= 0.3 is 5.69 Å². The van der Waals surface area contributed by atoms with Crippen LogP contribution < -0.4 is 11.0 Å². The molecule has 0 aromatic carbocycles. The predicted octanol–water partition coefficient (Wildman–Crippen LogP) is -0.413. The lowest BCUT2D eigenvalue weighted by Crippen LogP contribution is -2.47. The third kappa shape index (κ3) is 4.12. The van der Waals surface area contributed by atoms with E-state index < -0.39 is 11.3 Å². The zero-order valence-corrected chi connectivity index (χ0v) is 12.4. The Hall–Kier alpha value is -1.73. The Labute approximate surface area is 122 Å². The number of aryl methyl sites for hydroxylation is 2. The van der Waals surface area contributed by atoms with Gasteiger partial charge in [-0.1, -0.05) is 0 Å². The van der Waals surface area contributed by atoms with Crippen LogP contribution in [0.15, 0.2) is 4.79 Å². The highest BCUT2D eigenvalue weighted by Crippen LogP contribution is 2.19. The number of carbonyl (C=O) groups is 1. The molecule has 0 atom stereocenters. The van der Waals surface area contributed by atoms with Crippen LogP contribution in [0.3, 0.4) is 0 Å². The Morgan fingerprint density at radius 3 is 2.71 bits per heavy atom. The molecule has 1 saturated heterocycles. The number of carbonyl (C=O) groups excluding carboxylic acids is 1. The van der Waals surface area contributed by atoms with E-state index in [2.05, 4.69) is 15.3 Å². The van der Waals surface area contributed by atoms with Crippen LogP contribution in [0.1, 0.15) is 29.8 Å². The summed E-state index contributed by atoms with van der Waals surface area (Å²) < 4.78 is 5.20. The first-order chi connectivity index (χ1) is 9.89. The van der Waals surface area contributed by atoms with E-state index in [0.29, 0.717) is 43.0 Å². The molecule has 7 nitrogen and oxygen atoms in total. The van der Waals surface area contributed by atoms with Crippen molar-refractivity contribution in [2.45, 2.75) is 38.7 Å². The van der Waals surface area contributed by atoms with Gasteiger partial charge in [0.05, 0.1) is 12.0 Å². The minimum atomic E-state index is -0.888. The Morgan fingerprint density at radius 2 is 2.10 bits per heavy atom. The van der Waals surface area contributed by atoms with Gasteiger partial charge in [-0.15, -0.1) is 0 Å². The van der Waals surface area contributed by atoms with E-state index in [4.69, 9.17) is 4.74 Å². The molecule has 1 fully saturated rings. The Balaban J connectivity index is 1.94. The molecule has 2 rings (SSSR count). The second-order valence-corrected chi connectivity index (χ2v) is 5.52. The van der Waals surface area contributed by atoms with Crippen LogP contribution in [0.25, 0.3) is 0 Å². The number of aromatic nitrogens is 2. The van der Waals surface area contributed by atoms with Gasteiger partial charge in [-0.2, -0.15) is 4.98 Å². The average Bonchev–Trinajstić information content (AvgIpc) is 2.41. The summed E-state index contributed by atoms with van der Waals surface area (Å²) in [7, 11) is 0. The Morgan fingerprint density at radius 1 is 1.43 bits per heavy atom. The quantitative estimate of drug-likeness (QED) is 0.700. The maximum atomic E-state index is 12.0. The SMILES string of the molecule is Cc1nc(=O)[nH]c(C)c1CC(=O)NCC1(O)CCOCC1. The van der Waals surface area contributed by atoms with Crippen LogP contribution in [-0.4, -0.2) is 46.3 Å². The molecule has 21 heavy (non-hydrogen) atoms. The smallest absolute Gasteiger partial charge is 0.345 e. The highest BCUT2D eigenvalue weighted by molar-refractivity contribution is 5.79. The maximum absolute atomic E-state index is 12.0. The standard InChI is InChI=1S/C14H21N3O4/c1-9-11(10(2)17-13(19)16-9)7-12(18)15-8-14(20)3-5-21-6-4-14/h20H,3-8H2,1-2H3,(H,15,18)(H,16,17,19). The van der Waals surface area contributed by atoms with Gasteiger partial charge in [0.1, 0.15) is 0 Å². The number of nitrogens with one attached hydrogen (secondary N) is 2. The molecule has 2 heterocycles. The van der Waals surface area contributed by atoms with Gasteiger partial charge in [-0.3, -0.25) is 4.79 Å². The summed E-state index contributed by atoms with van der Waals surface area (Å²) in [5.41, 5.74) is 0.613. The first-order valence-electron chi connectivity index (χ1n) is 7.03. The highest BCUT2D eigenvalue weighted by atomic mass is 16.5. The third-order valence-corrected chi connectivity index (χ3v) is 3.83. The number of aliphatic hydroxyl groups is 1. The van der Waals surface area contributed by atoms with Gasteiger partial charge in [0.25, 0.3) is 0 Å². The number of hydrogen-bond donors (Lipinski definition) is 3. The average molecular weight is 295 g/mol. The number of aromatic amines is 1. The molecule has 0 unspecified atom stereocenters. The lowest BCUT2D eigenvalue weighted by molar-refractivity contribution is -0.123. The van der Waals surface area contributed by atoms with Crippen LogP contribution in [-0.2, 0) is 16.0 Å². The highest BCUT2D eigenvalue weighted by Gasteiger charge is 2.30. The lowest BCUT2D eigenvalue weighted by atomic mass is 9.94. The molecule has 1 amide bonds. The van der Waals surface area contributed by atoms with Crippen LogP contribution in [0.5, 0.6) is 0 Å². The molecule has 116 valence electrons. The van der Waals surface area contributed by atoms with Crippen molar-refractivity contribution in [1.29, 1.82) is 0 Å². The first-order valence-corrected chi connectivity index (χ1v) is 7.03. The first kappa shape index (κ1) is 15.7. The van der Waals surface area contributed by atoms with Gasteiger partial charge in [0.15, 0.2) is 0 Å². The summed E-state index contributed by atoms with van der Waals surface area (Å²) in [4.78, 5) is 29.6. The molecule has 0 radical (unpaired) electrons. The van der Waals surface area contributed by atoms with Crippen molar-refractivity contribution < 1.29 is 14.6 Å². The summed E-state index contributed by atoms with van der Waals surface area (Å²) in [6, 6.07) is 0. The molecule has 3 N–H and O–H groups in total. The lowest BCUT2D eigenvalue weighted by Gasteiger charge is -2.32. The zero-order valence-electron chi connectivity index (χ0n) is 12.4. The van der Waals surface area contributed by atoms with Crippen molar-refractivity contribution >= 4 is 5.91 Å². The summed E-state index contributed by atoms with van der Waals surface area (Å²) in [5.74, 6) is -0.199. The molecular formula is C14H21N3O4. The van der Waals surface area contributed by atoms with Crippen molar-refractivity contribution in [3.05, 3.63) is 27.4 Å². The van der Waals surface area contributed by atoms with E-state index in [1.807, 2.05) is 0 Å². The number of nitrogens with zero attached hydrogens (tertiary/aromatic N) is 1. The summed E-state index contributed by atoms with van der Waals surface area (Å²) in [6.45, 7) is 4.68. The Bertz CT molecular complexity index is 550. The minimum Gasteiger partial charge on any atom is -0.388 e. The van der Waals surface area contributed by atoms with E-state index >= 15 is 0 Å². The normalized spacial score (nSPS) is 17.5. The van der Waals surface area contributed by atoms with Gasteiger partial charge in [0, 0.05) is 49.6 Å². The number of amides is 1. The topological polar surface area (TPSA) is 104 Å². The molecule has 1 aliphatic rings. The van der Waals surface area contributed by atoms with Crippen LogP contribution >= 0.6 is 0 Å². The zero-order chi connectivity index (χ0) is 15.5. The van der Waals surface area contributed by atoms with Gasteiger partial charge in [-0.25, -0.2) is 4.79 Å². The van der Waals surface area contributed by atoms with Gasteiger partial charge in [-0.05, 0) is 13.8 Å². The largest absolute Gasteiger partial charge is 0.388 e. The van der Waals surface area contributed by atoms with Crippen molar-refractivity contribution in [3.8, 4) is 0 Å². The maximum Gasteiger partial charge on any atom is 0.345 e. The van der Waals surface area contributed by atoms with Gasteiger partial charge < -0.3 is 20.1 Å². The molecule has 1 aromatic rings. The second kappa shape index (κ2) is 6.36. The van der Waals surface area contributed by atoms with Crippen molar-refractivity contribution in [3.63, 3.8) is 0 Å². The van der Waals surface area contributed by atoms with Gasteiger partial charge in [0.2, 0.25) is 5.91 Å². The second-order valence-electron chi connectivity index (χ2n) is 5.52. The van der Waals surface area contributed by atoms with Crippen LogP contribution in [0, 0.1) is 13.8 Å². The summed E-state index contributed by atoms with van der Waals surface area (Å²) in [5, 5.41) is 13.0. The van der Waals surface area contributed by atoms with E-state index in [9.17, 15) is 14.7 Å². The molecule has 0 aliphatic carbocycles. The summed E-state index contributed by atoms with van der Waals surface area (Å²) >= 11 is 0. The molecule has 0 saturated carbocycles. The van der Waals surface area contributed by atoms with Crippen molar-refractivity contribution in [2.75, 3.05) is 19.8 Å². The van der Waals surface area contributed by atoms with E-state index in [1.54, 1.807) is 13.8 Å². The molecule has 1 aromatic heterocycles. The number of rotatable bonds is 4. The summed E-state index contributed by atoms with van der Waals surface area (Å²) in [6.07, 6.45) is 1.17. The third-order valence-electron chi connectivity index (χ3n) is 3.83. The molecular weight excluding hydrogens is 274 g/mol. The van der Waals surface area contributed by atoms with Crippen molar-refractivity contribution in [1.82, 2.24) is 15.3 Å². The monoisotopic (exact) mass is 295 g/mol. The number of hydrogen-bond acceptors (Lipinski definition) is 5. The van der Waals surface area contributed by atoms with E-state index in [-0.39, 0.29) is 18.9 Å². The van der Waals surface area contributed by atoms with Crippen molar-refractivity contribution in [2.24, 2.45) is 0 Å². The number of H-pyrrole nitrogens is 1. The van der Waals surface area contributed by atoms with E-state index in [0.717, 1.165) is 0 Å². The molecule has 0 bridgehead atoms. The Kier molecular flexibility index (Phi) is 4.74. The molecule has 1 aliphatic heterocycles. The fourth-order valence-corrected chi connectivity index (χ4v) is 2.43.